The first kappa shape index (κ1) is 16.6. The minimum absolute atomic E-state index is 0.277. The highest BCUT2D eigenvalue weighted by molar-refractivity contribution is 9.10. The molecule has 116 valence electrons. The second-order valence-corrected chi connectivity index (χ2v) is 6.79. The van der Waals surface area contributed by atoms with E-state index in [2.05, 4.69) is 27.3 Å². The summed E-state index contributed by atoms with van der Waals surface area (Å²) < 4.78 is 6.30. The Morgan fingerprint density at radius 3 is 2.45 bits per heavy atom. The molecule has 3 nitrogen and oxygen atoms in total. The lowest BCUT2D eigenvalue weighted by atomic mass is 9.95. The van der Waals surface area contributed by atoms with Crippen LogP contribution >= 0.6 is 15.9 Å². The monoisotopic (exact) mass is 361 g/mol. The van der Waals surface area contributed by atoms with Crippen molar-refractivity contribution < 1.29 is 9.53 Å². The molecule has 0 aliphatic heterocycles. The van der Waals surface area contributed by atoms with Gasteiger partial charge in [-0.15, -0.1) is 0 Å². The van der Waals surface area contributed by atoms with Gasteiger partial charge in [0.25, 0.3) is 0 Å². The highest BCUT2D eigenvalue weighted by atomic mass is 79.9. The fourth-order valence-electron chi connectivity index (χ4n) is 2.24. The van der Waals surface area contributed by atoms with Crippen molar-refractivity contribution in [3.05, 3.63) is 70.2 Å². The molecular formula is C18H20BrNO2. The molecule has 0 aliphatic carbocycles. The van der Waals surface area contributed by atoms with E-state index in [-0.39, 0.29) is 12.1 Å². The molecular weight excluding hydrogens is 342 g/mol. The molecule has 4 heteroatoms. The number of hydrogen-bond donors (Lipinski definition) is 1. The van der Waals surface area contributed by atoms with Gasteiger partial charge in [0.1, 0.15) is 6.61 Å². The Hall–Kier alpha value is -1.81. The number of benzene rings is 2. The van der Waals surface area contributed by atoms with E-state index in [1.165, 1.54) is 0 Å². The second-order valence-electron chi connectivity index (χ2n) is 5.88. The lowest BCUT2D eigenvalue weighted by Crippen LogP contribution is -2.45. The van der Waals surface area contributed by atoms with Crippen molar-refractivity contribution in [2.45, 2.75) is 32.4 Å². The second kappa shape index (κ2) is 7.45. The first-order valence-corrected chi connectivity index (χ1v) is 7.97. The summed E-state index contributed by atoms with van der Waals surface area (Å²) in [5.74, 6) is 0. The summed E-state index contributed by atoms with van der Waals surface area (Å²) in [6, 6.07) is 17.7. The first-order valence-electron chi connectivity index (χ1n) is 7.18. The molecule has 1 amide bonds. The van der Waals surface area contributed by atoms with Crippen LogP contribution in [0.4, 0.5) is 4.79 Å². The molecule has 0 spiro atoms. The minimum atomic E-state index is -0.399. The van der Waals surface area contributed by atoms with Gasteiger partial charge in [-0.3, -0.25) is 0 Å². The third-order valence-corrected chi connectivity index (χ3v) is 3.68. The van der Waals surface area contributed by atoms with E-state index in [9.17, 15) is 4.79 Å². The van der Waals surface area contributed by atoms with E-state index in [0.717, 1.165) is 22.0 Å². The molecule has 0 fully saturated rings. The number of rotatable bonds is 5. The lowest BCUT2D eigenvalue weighted by Gasteiger charge is -2.26. The molecule has 0 unspecified atom stereocenters. The molecule has 2 aromatic carbocycles. The van der Waals surface area contributed by atoms with Crippen LogP contribution in [0.15, 0.2) is 59.1 Å². The van der Waals surface area contributed by atoms with E-state index in [4.69, 9.17) is 4.74 Å². The van der Waals surface area contributed by atoms with Gasteiger partial charge in [-0.05, 0) is 43.5 Å². The average Bonchev–Trinajstić information content (AvgIpc) is 2.45. The van der Waals surface area contributed by atoms with Crippen molar-refractivity contribution in [3.8, 4) is 0 Å². The maximum Gasteiger partial charge on any atom is 0.407 e. The van der Waals surface area contributed by atoms with Crippen LogP contribution in [-0.2, 0) is 17.8 Å². The van der Waals surface area contributed by atoms with Gasteiger partial charge in [-0.2, -0.15) is 0 Å². The molecule has 0 bridgehead atoms. The van der Waals surface area contributed by atoms with Crippen LogP contribution in [0.3, 0.4) is 0 Å². The molecule has 1 N–H and O–H groups in total. The van der Waals surface area contributed by atoms with Gasteiger partial charge >= 0.3 is 6.09 Å². The van der Waals surface area contributed by atoms with Crippen molar-refractivity contribution in [1.29, 1.82) is 0 Å². The number of ether oxygens (including phenoxy) is 1. The van der Waals surface area contributed by atoms with Crippen molar-refractivity contribution in [2.75, 3.05) is 0 Å². The Morgan fingerprint density at radius 1 is 1.09 bits per heavy atom. The number of carbonyl (C=O) groups excluding carboxylic acids is 1. The van der Waals surface area contributed by atoms with Crippen LogP contribution in [-0.4, -0.2) is 11.6 Å². The van der Waals surface area contributed by atoms with E-state index >= 15 is 0 Å². The van der Waals surface area contributed by atoms with Gasteiger partial charge in [0.2, 0.25) is 0 Å². The summed E-state index contributed by atoms with van der Waals surface area (Å²) >= 11 is 3.46. The van der Waals surface area contributed by atoms with Gasteiger partial charge < -0.3 is 10.1 Å². The SMILES string of the molecule is CC(C)(Cc1cccc(Br)c1)NC(=O)OCc1ccccc1. The van der Waals surface area contributed by atoms with E-state index < -0.39 is 6.09 Å². The van der Waals surface area contributed by atoms with Gasteiger partial charge in [-0.25, -0.2) is 4.79 Å². The molecule has 0 heterocycles. The molecule has 0 saturated heterocycles. The fourth-order valence-corrected chi connectivity index (χ4v) is 2.68. The zero-order chi connectivity index (χ0) is 16.0. The summed E-state index contributed by atoms with van der Waals surface area (Å²) in [5.41, 5.74) is 1.75. The average molecular weight is 362 g/mol. The predicted octanol–water partition coefficient (Wildman–Crippen LogP) is 4.70. The quantitative estimate of drug-likeness (QED) is 0.838. The standard InChI is InChI=1S/C18H20BrNO2/c1-18(2,12-15-9-6-10-16(19)11-15)20-17(21)22-13-14-7-4-3-5-8-14/h3-11H,12-13H2,1-2H3,(H,20,21). The Kier molecular flexibility index (Phi) is 5.61. The van der Waals surface area contributed by atoms with Crippen LogP contribution < -0.4 is 5.32 Å². The minimum Gasteiger partial charge on any atom is -0.445 e. The Bertz CT molecular complexity index is 626. The molecule has 0 aliphatic rings. The Morgan fingerprint density at radius 2 is 1.77 bits per heavy atom. The number of amides is 1. The molecule has 0 atom stereocenters. The highest BCUT2D eigenvalue weighted by Gasteiger charge is 2.21. The maximum absolute atomic E-state index is 11.9. The van der Waals surface area contributed by atoms with E-state index in [0.29, 0.717) is 0 Å². The summed E-state index contributed by atoms with van der Waals surface area (Å²) in [5, 5.41) is 2.92. The van der Waals surface area contributed by atoms with E-state index in [1.54, 1.807) is 0 Å². The number of hydrogen-bond acceptors (Lipinski definition) is 2. The number of carbonyl (C=O) groups is 1. The third kappa shape index (κ3) is 5.53. The van der Waals surface area contributed by atoms with Crippen molar-refractivity contribution in [3.63, 3.8) is 0 Å². The van der Waals surface area contributed by atoms with E-state index in [1.807, 2.05) is 62.4 Å². The normalized spacial score (nSPS) is 11.0. The summed E-state index contributed by atoms with van der Waals surface area (Å²) in [6.07, 6.45) is 0.330. The van der Waals surface area contributed by atoms with Crippen LogP contribution in [0.2, 0.25) is 0 Å². The predicted molar refractivity (Wildman–Crippen MR) is 91.7 cm³/mol. The maximum atomic E-state index is 11.9. The molecule has 2 rings (SSSR count). The summed E-state index contributed by atoms with van der Waals surface area (Å²) in [7, 11) is 0. The number of halogens is 1. The lowest BCUT2D eigenvalue weighted by molar-refractivity contribution is 0.129. The van der Waals surface area contributed by atoms with Crippen molar-refractivity contribution >= 4 is 22.0 Å². The largest absolute Gasteiger partial charge is 0.445 e. The molecule has 0 aromatic heterocycles. The van der Waals surface area contributed by atoms with Gasteiger partial charge in [0.15, 0.2) is 0 Å². The molecule has 0 radical (unpaired) electrons. The fraction of sp³-hybridized carbons (Fsp3) is 0.278. The van der Waals surface area contributed by atoms with Crippen molar-refractivity contribution in [2.24, 2.45) is 0 Å². The van der Waals surface area contributed by atoms with Gasteiger partial charge in [0, 0.05) is 10.0 Å². The number of alkyl carbamates (subject to hydrolysis) is 1. The Balaban J connectivity index is 1.86. The van der Waals surface area contributed by atoms with Crippen LogP contribution in [0.5, 0.6) is 0 Å². The first-order chi connectivity index (χ1) is 10.4. The topological polar surface area (TPSA) is 38.3 Å². The number of nitrogens with one attached hydrogen (secondary N) is 1. The zero-order valence-corrected chi connectivity index (χ0v) is 14.4. The third-order valence-electron chi connectivity index (χ3n) is 3.19. The van der Waals surface area contributed by atoms with Crippen molar-refractivity contribution in [1.82, 2.24) is 5.32 Å². The van der Waals surface area contributed by atoms with Crippen LogP contribution in [0, 0.1) is 0 Å². The Labute approximate surface area is 139 Å². The molecule has 0 saturated carbocycles. The van der Waals surface area contributed by atoms with Gasteiger partial charge in [-0.1, -0.05) is 58.4 Å². The molecule has 2 aromatic rings. The summed E-state index contributed by atoms with van der Waals surface area (Å²) in [6.45, 7) is 4.25. The van der Waals surface area contributed by atoms with Crippen LogP contribution in [0.25, 0.3) is 0 Å². The highest BCUT2D eigenvalue weighted by Crippen LogP contribution is 2.17. The summed E-state index contributed by atoms with van der Waals surface area (Å²) in [4.78, 5) is 11.9. The molecule has 22 heavy (non-hydrogen) atoms. The smallest absolute Gasteiger partial charge is 0.407 e. The van der Waals surface area contributed by atoms with Gasteiger partial charge in [0.05, 0.1) is 0 Å². The van der Waals surface area contributed by atoms with Crippen LogP contribution in [0.1, 0.15) is 25.0 Å². The zero-order valence-electron chi connectivity index (χ0n) is 12.8.